The zero-order valence-corrected chi connectivity index (χ0v) is 49.0. The number of hydrogen-bond donors (Lipinski definition) is 0. The van der Waals surface area contributed by atoms with E-state index in [-0.39, 0.29) is 31.1 Å². The molecule has 0 fully saturated rings. The Morgan fingerprint density at radius 2 is 0.520 bits per heavy atom. The summed E-state index contributed by atoms with van der Waals surface area (Å²) >= 11 is 0. The van der Waals surface area contributed by atoms with Crippen LogP contribution in [0.2, 0.25) is 0 Å². The van der Waals surface area contributed by atoms with E-state index >= 15 is 0 Å². The molecule has 0 aliphatic carbocycles. The fourth-order valence-corrected chi connectivity index (χ4v) is 8.60. The first kappa shape index (κ1) is 71.1. The fourth-order valence-electron chi connectivity index (χ4n) is 8.60. The SMILES string of the molecule is CC/C=C\C/C=C\C/C=C\C/C=C\CCCCCCCCCCC(=O)OCC(COC(=O)CCCCCCC/C=C\CCCCCCCC)OC(=O)CCCCCCCCCC/C=C\C/C=C\C/C=C\C/C=C\CC. The monoisotopic (exact) mass is 1040 g/mol. The number of rotatable bonds is 56. The number of ether oxygens (including phenoxy) is 3. The second kappa shape index (κ2) is 62.6. The fraction of sp³-hybridized carbons (Fsp3) is 0.696. The summed E-state index contributed by atoms with van der Waals surface area (Å²) in [4.78, 5) is 38.3. The Morgan fingerprint density at radius 1 is 0.280 bits per heavy atom. The van der Waals surface area contributed by atoms with Crippen molar-refractivity contribution in [3.8, 4) is 0 Å². The summed E-state index contributed by atoms with van der Waals surface area (Å²) in [5.41, 5.74) is 0. The Bertz CT molecular complexity index is 1520. The molecule has 1 atom stereocenters. The van der Waals surface area contributed by atoms with Gasteiger partial charge in [-0.05, 0) is 122 Å². The van der Waals surface area contributed by atoms with Crippen molar-refractivity contribution in [3.63, 3.8) is 0 Å². The second-order valence-electron chi connectivity index (χ2n) is 20.5. The van der Waals surface area contributed by atoms with E-state index in [1.807, 2.05) is 0 Å². The van der Waals surface area contributed by atoms with Gasteiger partial charge in [-0.3, -0.25) is 14.4 Å². The third-order valence-corrected chi connectivity index (χ3v) is 13.2. The van der Waals surface area contributed by atoms with Crippen LogP contribution in [0.15, 0.2) is 109 Å². The Balaban J connectivity index is 4.42. The average Bonchev–Trinajstić information content (AvgIpc) is 3.41. The smallest absolute Gasteiger partial charge is 0.306 e. The molecule has 0 aromatic rings. The summed E-state index contributed by atoms with van der Waals surface area (Å²) in [7, 11) is 0. The van der Waals surface area contributed by atoms with Crippen molar-refractivity contribution in [2.75, 3.05) is 13.2 Å². The van der Waals surface area contributed by atoms with Crippen LogP contribution in [-0.2, 0) is 28.6 Å². The molecule has 0 bridgehead atoms. The van der Waals surface area contributed by atoms with Gasteiger partial charge in [-0.2, -0.15) is 0 Å². The van der Waals surface area contributed by atoms with Gasteiger partial charge in [0.1, 0.15) is 13.2 Å². The molecule has 0 radical (unpaired) electrons. The number of carbonyl (C=O) groups is 3. The molecule has 75 heavy (non-hydrogen) atoms. The van der Waals surface area contributed by atoms with Gasteiger partial charge >= 0.3 is 17.9 Å². The molecule has 0 rings (SSSR count). The molecule has 0 aliphatic heterocycles. The van der Waals surface area contributed by atoms with Gasteiger partial charge in [-0.1, -0.05) is 259 Å². The molecule has 0 N–H and O–H groups in total. The molecule has 0 heterocycles. The molecule has 6 nitrogen and oxygen atoms in total. The van der Waals surface area contributed by atoms with E-state index in [4.69, 9.17) is 14.2 Å². The van der Waals surface area contributed by atoms with E-state index < -0.39 is 6.10 Å². The van der Waals surface area contributed by atoms with Crippen LogP contribution >= 0.6 is 0 Å². The first-order chi connectivity index (χ1) is 37.0. The summed E-state index contributed by atoms with van der Waals surface area (Å²) in [5.74, 6) is -0.906. The normalized spacial score (nSPS) is 12.8. The van der Waals surface area contributed by atoms with Crippen molar-refractivity contribution in [1.82, 2.24) is 0 Å². The van der Waals surface area contributed by atoms with Crippen LogP contribution in [0.25, 0.3) is 0 Å². The molecule has 428 valence electrons. The first-order valence-corrected chi connectivity index (χ1v) is 31.4. The molecular formula is C69H116O6. The van der Waals surface area contributed by atoms with Gasteiger partial charge in [0.05, 0.1) is 0 Å². The molecule has 1 unspecified atom stereocenters. The van der Waals surface area contributed by atoms with Crippen molar-refractivity contribution in [3.05, 3.63) is 109 Å². The zero-order valence-electron chi connectivity index (χ0n) is 49.0. The number of allylic oxidation sites excluding steroid dienone is 18. The minimum Gasteiger partial charge on any atom is -0.462 e. The molecule has 0 spiro atoms. The predicted octanol–water partition coefficient (Wildman–Crippen LogP) is 21.4. The molecule has 0 aliphatic rings. The van der Waals surface area contributed by atoms with Gasteiger partial charge in [0.2, 0.25) is 0 Å². The van der Waals surface area contributed by atoms with Crippen LogP contribution in [0.1, 0.15) is 290 Å². The van der Waals surface area contributed by atoms with Crippen molar-refractivity contribution in [2.45, 2.75) is 297 Å². The van der Waals surface area contributed by atoms with Crippen molar-refractivity contribution in [1.29, 1.82) is 0 Å². The Morgan fingerprint density at radius 3 is 0.827 bits per heavy atom. The van der Waals surface area contributed by atoms with E-state index in [1.165, 1.54) is 122 Å². The summed E-state index contributed by atoms with van der Waals surface area (Å²) in [5, 5.41) is 0. The van der Waals surface area contributed by atoms with Crippen LogP contribution in [0.4, 0.5) is 0 Å². The second-order valence-corrected chi connectivity index (χ2v) is 20.5. The van der Waals surface area contributed by atoms with Crippen molar-refractivity contribution in [2.24, 2.45) is 0 Å². The third kappa shape index (κ3) is 60.8. The molecule has 0 aromatic carbocycles. The standard InChI is InChI=1S/C69H116O6/c1-4-7-10-13-16-19-22-25-28-30-32-34-36-38-41-44-47-50-53-56-59-62-68(71)74-65-66(64-73-67(70)61-58-55-52-49-46-43-40-27-24-21-18-15-12-9-6-3)75-69(72)63-60-57-54-51-48-45-42-39-37-35-33-31-29-26-23-20-17-14-11-8-5-2/h7-8,10-11,16-17,19-20,25-29,32-35,40,66H,4-6,9,12-15,18,21-24,30-31,36-39,41-65H2,1-3H3/b10-7-,11-8-,19-16-,20-17-,28-25-,29-26-,34-32-,35-33-,40-27-. The maximum atomic E-state index is 12.9. The van der Waals surface area contributed by atoms with E-state index in [9.17, 15) is 14.4 Å². The highest BCUT2D eigenvalue weighted by atomic mass is 16.6. The largest absolute Gasteiger partial charge is 0.462 e. The van der Waals surface area contributed by atoms with E-state index in [1.54, 1.807) is 0 Å². The lowest BCUT2D eigenvalue weighted by atomic mass is 10.1. The maximum absolute atomic E-state index is 12.9. The van der Waals surface area contributed by atoms with Gasteiger partial charge in [-0.25, -0.2) is 0 Å². The van der Waals surface area contributed by atoms with Gasteiger partial charge in [0, 0.05) is 19.3 Å². The lowest BCUT2D eigenvalue weighted by Crippen LogP contribution is -2.30. The van der Waals surface area contributed by atoms with Gasteiger partial charge in [0.25, 0.3) is 0 Å². The average molecular weight is 1040 g/mol. The van der Waals surface area contributed by atoms with Gasteiger partial charge in [0.15, 0.2) is 6.10 Å². The Hall–Kier alpha value is -3.93. The van der Waals surface area contributed by atoms with Crippen LogP contribution in [0, 0.1) is 0 Å². The minimum absolute atomic E-state index is 0.0886. The Kier molecular flexibility index (Phi) is 59.3. The van der Waals surface area contributed by atoms with Crippen LogP contribution in [0.3, 0.4) is 0 Å². The molecule has 6 heteroatoms. The lowest BCUT2D eigenvalue weighted by molar-refractivity contribution is -0.167. The van der Waals surface area contributed by atoms with E-state index in [2.05, 4.69) is 130 Å². The molecular weight excluding hydrogens is 925 g/mol. The zero-order chi connectivity index (χ0) is 54.3. The van der Waals surface area contributed by atoms with Crippen molar-refractivity contribution < 1.29 is 28.6 Å². The number of carbonyl (C=O) groups excluding carboxylic acids is 3. The van der Waals surface area contributed by atoms with E-state index in [0.29, 0.717) is 19.3 Å². The summed E-state index contributed by atoms with van der Waals surface area (Å²) < 4.78 is 16.9. The Labute approximate surface area is 463 Å². The molecule has 0 saturated carbocycles. The minimum atomic E-state index is -0.793. The number of hydrogen-bond acceptors (Lipinski definition) is 6. The maximum Gasteiger partial charge on any atom is 0.306 e. The molecule has 0 saturated heterocycles. The first-order valence-electron chi connectivity index (χ1n) is 31.4. The molecule has 0 aromatic heterocycles. The highest BCUT2D eigenvalue weighted by Crippen LogP contribution is 2.15. The highest BCUT2D eigenvalue weighted by Gasteiger charge is 2.19. The summed E-state index contributed by atoms with van der Waals surface area (Å²) in [6.45, 7) is 6.41. The van der Waals surface area contributed by atoms with Crippen LogP contribution in [-0.4, -0.2) is 37.2 Å². The highest BCUT2D eigenvalue weighted by molar-refractivity contribution is 5.71. The predicted molar refractivity (Wildman–Crippen MR) is 325 cm³/mol. The van der Waals surface area contributed by atoms with Crippen LogP contribution < -0.4 is 0 Å². The summed E-state index contributed by atoms with van der Waals surface area (Å²) in [6.07, 6.45) is 85.1. The van der Waals surface area contributed by atoms with Crippen LogP contribution in [0.5, 0.6) is 0 Å². The van der Waals surface area contributed by atoms with Crippen molar-refractivity contribution >= 4 is 17.9 Å². The van der Waals surface area contributed by atoms with Gasteiger partial charge < -0.3 is 14.2 Å². The number of esters is 3. The topological polar surface area (TPSA) is 78.9 Å². The number of unbranched alkanes of at least 4 members (excludes halogenated alkanes) is 27. The van der Waals surface area contributed by atoms with E-state index in [0.717, 1.165) is 128 Å². The lowest BCUT2D eigenvalue weighted by Gasteiger charge is -2.18. The van der Waals surface area contributed by atoms with Gasteiger partial charge in [-0.15, -0.1) is 0 Å². The quantitative estimate of drug-likeness (QED) is 0.0261. The third-order valence-electron chi connectivity index (χ3n) is 13.2. The summed E-state index contributed by atoms with van der Waals surface area (Å²) in [6, 6.07) is 0. The molecule has 0 amide bonds.